The number of azide groups is 1. The van der Waals surface area contributed by atoms with Crippen molar-refractivity contribution in [2.24, 2.45) is 10.8 Å². The first-order valence-electron chi connectivity index (χ1n) is 6.36. The molecule has 3 N–H and O–H groups in total. The summed E-state index contributed by atoms with van der Waals surface area (Å²) in [7, 11) is 0. The topological polar surface area (TPSA) is 165 Å². The van der Waals surface area contributed by atoms with Crippen LogP contribution in [0.15, 0.2) is 20.9 Å². The molecule has 1 aromatic rings. The van der Waals surface area contributed by atoms with Crippen LogP contribution in [0.3, 0.4) is 0 Å². The van der Waals surface area contributed by atoms with Gasteiger partial charge in [0.15, 0.2) is 0 Å². The highest BCUT2D eigenvalue weighted by Gasteiger charge is 2.37. The van der Waals surface area contributed by atoms with Gasteiger partial charge in [-0.3, -0.25) is 14.3 Å². The highest BCUT2D eigenvalue weighted by atomic mass is 16.6. The van der Waals surface area contributed by atoms with E-state index in [4.69, 9.17) is 16.0 Å². The molecule has 1 fully saturated rings. The van der Waals surface area contributed by atoms with Gasteiger partial charge >= 0.3 is 11.8 Å². The number of rotatable bonds is 4. The Labute approximate surface area is 123 Å². The number of primary amides is 1. The molecular weight excluding hydrogens is 296 g/mol. The van der Waals surface area contributed by atoms with Gasteiger partial charge in [-0.15, -0.1) is 0 Å². The van der Waals surface area contributed by atoms with E-state index >= 15 is 0 Å². The third kappa shape index (κ3) is 3.27. The Morgan fingerprint density at radius 2 is 2.41 bits per heavy atom. The standard InChI is InChI=1S/C11H14N6O5/c1-5-3-17(11(20)14-9(5)18)8-2-6(15-16-13)7(22-8)4-21-10(12)19/h3,6-8H,2,4H2,1H3,(H2,12,19)(H,14,18,20)/t6-,7+,8+/m0/s1. The van der Waals surface area contributed by atoms with E-state index in [2.05, 4.69) is 19.7 Å². The molecule has 118 valence electrons. The second kappa shape index (κ2) is 6.33. The van der Waals surface area contributed by atoms with Gasteiger partial charge in [0.2, 0.25) is 0 Å². The number of amides is 1. The Morgan fingerprint density at radius 1 is 1.68 bits per heavy atom. The predicted molar refractivity (Wildman–Crippen MR) is 73.1 cm³/mol. The first-order chi connectivity index (χ1) is 10.4. The highest BCUT2D eigenvalue weighted by Crippen LogP contribution is 2.30. The van der Waals surface area contributed by atoms with Crippen molar-refractivity contribution >= 4 is 6.09 Å². The van der Waals surface area contributed by atoms with Gasteiger partial charge < -0.3 is 15.2 Å². The van der Waals surface area contributed by atoms with Crippen LogP contribution in [-0.2, 0) is 9.47 Å². The lowest BCUT2D eigenvalue weighted by atomic mass is 10.1. The van der Waals surface area contributed by atoms with Crippen LogP contribution < -0.4 is 17.0 Å². The van der Waals surface area contributed by atoms with Crippen molar-refractivity contribution in [2.75, 3.05) is 6.61 Å². The van der Waals surface area contributed by atoms with E-state index in [1.165, 1.54) is 10.8 Å². The maximum absolute atomic E-state index is 11.8. The van der Waals surface area contributed by atoms with Gasteiger partial charge in [-0.1, -0.05) is 5.11 Å². The van der Waals surface area contributed by atoms with Crippen LogP contribution in [0.4, 0.5) is 4.79 Å². The van der Waals surface area contributed by atoms with Crippen molar-refractivity contribution in [2.45, 2.75) is 31.7 Å². The van der Waals surface area contributed by atoms with Crippen LogP contribution in [-0.4, -0.2) is 34.4 Å². The first-order valence-corrected chi connectivity index (χ1v) is 6.36. The number of nitrogens with two attached hydrogens (primary N) is 1. The lowest BCUT2D eigenvalue weighted by molar-refractivity contribution is -0.0297. The summed E-state index contributed by atoms with van der Waals surface area (Å²) in [5.41, 5.74) is 12.7. The minimum atomic E-state index is -0.983. The summed E-state index contributed by atoms with van der Waals surface area (Å²) in [6, 6.07) is -0.631. The fourth-order valence-electron chi connectivity index (χ4n) is 2.19. The van der Waals surface area contributed by atoms with Crippen LogP contribution in [0.5, 0.6) is 0 Å². The van der Waals surface area contributed by atoms with E-state index in [9.17, 15) is 14.4 Å². The Hall–Kier alpha value is -2.78. The fourth-order valence-corrected chi connectivity index (χ4v) is 2.19. The first kappa shape index (κ1) is 15.6. The number of carbonyl (C=O) groups excluding carboxylic acids is 1. The van der Waals surface area contributed by atoms with E-state index in [1.807, 2.05) is 0 Å². The molecule has 0 aliphatic carbocycles. The zero-order valence-electron chi connectivity index (χ0n) is 11.6. The molecule has 0 unspecified atom stereocenters. The second-order valence-corrected chi connectivity index (χ2v) is 4.75. The Balaban J connectivity index is 2.25. The number of nitrogens with one attached hydrogen (secondary N) is 1. The molecule has 1 saturated heterocycles. The van der Waals surface area contributed by atoms with Crippen molar-refractivity contribution in [1.29, 1.82) is 0 Å². The molecule has 2 heterocycles. The molecular formula is C11H14N6O5. The quantitative estimate of drug-likeness (QED) is 0.449. The monoisotopic (exact) mass is 310 g/mol. The van der Waals surface area contributed by atoms with E-state index in [0.29, 0.717) is 5.56 Å². The summed E-state index contributed by atoms with van der Waals surface area (Å²) in [5.74, 6) is 0. The minimum Gasteiger partial charge on any atom is -0.447 e. The summed E-state index contributed by atoms with van der Waals surface area (Å²) in [5, 5.41) is 3.56. The lowest BCUT2D eigenvalue weighted by Gasteiger charge is -2.16. The Kier molecular flexibility index (Phi) is 4.49. The number of hydrogen-bond donors (Lipinski definition) is 2. The van der Waals surface area contributed by atoms with Crippen molar-refractivity contribution in [3.63, 3.8) is 0 Å². The molecule has 11 nitrogen and oxygen atoms in total. The van der Waals surface area contributed by atoms with Crippen LogP contribution in [0.2, 0.25) is 0 Å². The van der Waals surface area contributed by atoms with Crippen LogP contribution in [0, 0.1) is 6.92 Å². The third-order valence-corrected chi connectivity index (χ3v) is 3.25. The molecule has 0 saturated carbocycles. The fraction of sp³-hybridized carbons (Fsp3) is 0.545. The molecule has 0 aromatic carbocycles. The molecule has 2 rings (SSSR count). The number of nitrogens with zero attached hydrogens (tertiary/aromatic N) is 4. The van der Waals surface area contributed by atoms with Crippen LogP contribution >= 0.6 is 0 Å². The van der Waals surface area contributed by atoms with Gasteiger partial charge in [-0.2, -0.15) is 0 Å². The smallest absolute Gasteiger partial charge is 0.404 e. The van der Waals surface area contributed by atoms with E-state index < -0.39 is 35.7 Å². The van der Waals surface area contributed by atoms with Gasteiger partial charge in [0.25, 0.3) is 5.56 Å². The summed E-state index contributed by atoms with van der Waals surface area (Å²) in [6.45, 7) is 1.34. The molecule has 22 heavy (non-hydrogen) atoms. The SMILES string of the molecule is Cc1cn([C@H]2C[C@H](N=[N+]=[N-])[C@@H](COC(N)=O)O2)c(=O)[nH]c1=O. The maximum atomic E-state index is 11.8. The zero-order chi connectivity index (χ0) is 16.3. The number of aromatic nitrogens is 2. The summed E-state index contributed by atoms with van der Waals surface area (Å²) >= 11 is 0. The molecule has 1 aliphatic heterocycles. The van der Waals surface area contributed by atoms with Crippen molar-refractivity contribution < 1.29 is 14.3 Å². The van der Waals surface area contributed by atoms with Gasteiger partial charge in [0, 0.05) is 23.1 Å². The largest absolute Gasteiger partial charge is 0.447 e. The van der Waals surface area contributed by atoms with Gasteiger partial charge in [-0.05, 0) is 12.5 Å². The van der Waals surface area contributed by atoms with Crippen molar-refractivity contribution in [3.05, 3.63) is 43.0 Å². The molecule has 1 aromatic heterocycles. The van der Waals surface area contributed by atoms with Gasteiger partial charge in [0.1, 0.15) is 18.9 Å². The Bertz CT molecular complexity index is 733. The van der Waals surface area contributed by atoms with Crippen molar-refractivity contribution in [3.8, 4) is 0 Å². The van der Waals surface area contributed by atoms with E-state index in [0.717, 1.165) is 0 Å². The number of H-pyrrole nitrogens is 1. The van der Waals surface area contributed by atoms with Gasteiger partial charge in [-0.25, -0.2) is 9.59 Å². The number of carbonyl (C=O) groups is 1. The lowest BCUT2D eigenvalue weighted by Crippen LogP contribution is -2.33. The highest BCUT2D eigenvalue weighted by molar-refractivity contribution is 5.64. The number of hydrogen-bond acceptors (Lipinski definition) is 6. The average Bonchev–Trinajstić information content (AvgIpc) is 2.84. The predicted octanol–water partition coefficient (Wildman–Crippen LogP) is -0.0933. The molecule has 3 atom stereocenters. The van der Waals surface area contributed by atoms with Crippen LogP contribution in [0.1, 0.15) is 18.2 Å². The minimum absolute atomic E-state index is 0.197. The molecule has 0 radical (unpaired) electrons. The van der Waals surface area contributed by atoms with E-state index in [1.54, 1.807) is 6.92 Å². The Morgan fingerprint density at radius 3 is 3.05 bits per heavy atom. The number of aromatic amines is 1. The molecule has 0 spiro atoms. The van der Waals surface area contributed by atoms with E-state index in [-0.39, 0.29) is 13.0 Å². The molecule has 0 bridgehead atoms. The number of ether oxygens (including phenoxy) is 2. The number of aryl methyl sites for hydroxylation is 1. The molecule has 1 aliphatic rings. The summed E-state index contributed by atoms with van der Waals surface area (Å²) < 4.78 is 11.4. The summed E-state index contributed by atoms with van der Waals surface area (Å²) in [6.07, 6.45) is -0.908. The average molecular weight is 310 g/mol. The third-order valence-electron chi connectivity index (χ3n) is 3.25. The maximum Gasteiger partial charge on any atom is 0.404 e. The molecule has 11 heteroatoms. The van der Waals surface area contributed by atoms with Gasteiger partial charge in [0.05, 0.1) is 6.04 Å². The summed E-state index contributed by atoms with van der Waals surface area (Å²) in [4.78, 5) is 38.7. The second-order valence-electron chi connectivity index (χ2n) is 4.75. The molecule has 1 amide bonds. The van der Waals surface area contributed by atoms with Crippen molar-refractivity contribution in [1.82, 2.24) is 9.55 Å². The van der Waals surface area contributed by atoms with Crippen LogP contribution in [0.25, 0.3) is 10.4 Å². The normalized spacial score (nSPS) is 23.8. The zero-order valence-corrected chi connectivity index (χ0v) is 11.6.